The van der Waals surface area contributed by atoms with Crippen molar-refractivity contribution in [2.75, 3.05) is 5.32 Å². The highest BCUT2D eigenvalue weighted by Crippen LogP contribution is 2.27. The Morgan fingerprint density at radius 3 is 2.47 bits per heavy atom. The molecule has 0 radical (unpaired) electrons. The molecule has 0 aliphatic heterocycles. The van der Waals surface area contributed by atoms with Gasteiger partial charge < -0.3 is 10.1 Å². The van der Waals surface area contributed by atoms with Crippen LogP contribution in [0.15, 0.2) is 80.8 Å². The summed E-state index contributed by atoms with van der Waals surface area (Å²) >= 11 is 12.9. The quantitative estimate of drug-likeness (QED) is 0.198. The van der Waals surface area contributed by atoms with E-state index in [4.69, 9.17) is 16.3 Å². The number of halogens is 3. The molecule has 32 heavy (non-hydrogen) atoms. The number of hydrogen-bond donors (Lipinski definition) is 2. The van der Waals surface area contributed by atoms with E-state index in [1.807, 2.05) is 30.3 Å². The minimum absolute atomic E-state index is 0.337. The summed E-state index contributed by atoms with van der Waals surface area (Å²) in [6, 6.07) is 20.0. The fourth-order valence-corrected chi connectivity index (χ4v) is 3.69. The number of anilines is 1. The number of carbonyl (C=O) groups excluding carboxylic acids is 2. The van der Waals surface area contributed by atoms with Gasteiger partial charge in [0.05, 0.1) is 16.4 Å². The standard InChI is InChI=1S/C23H18Br2ClN3O3/c24-17-6-2-4-8-20(17)28-22(30)12-23(31)29-27-13-15-9-10-21(18(25)11-15)32-14-16-5-1-3-7-19(16)26/h1-11,13H,12,14H2,(H,28,30)(H,29,31). The summed E-state index contributed by atoms with van der Waals surface area (Å²) in [5.74, 6) is -0.313. The largest absolute Gasteiger partial charge is 0.488 e. The van der Waals surface area contributed by atoms with E-state index in [0.29, 0.717) is 23.1 Å². The number of carbonyl (C=O) groups is 2. The SMILES string of the molecule is O=C(CC(=O)Nc1ccccc1Br)NN=Cc1ccc(OCc2ccccc2Cl)c(Br)c1. The number of rotatable bonds is 8. The average molecular weight is 580 g/mol. The lowest BCUT2D eigenvalue weighted by atomic mass is 10.2. The van der Waals surface area contributed by atoms with Crippen LogP contribution in [-0.2, 0) is 16.2 Å². The van der Waals surface area contributed by atoms with Crippen LogP contribution >= 0.6 is 43.5 Å². The van der Waals surface area contributed by atoms with Crippen molar-refractivity contribution in [3.05, 3.63) is 91.8 Å². The zero-order valence-corrected chi connectivity index (χ0v) is 20.6. The molecular weight excluding hydrogens is 562 g/mol. The van der Waals surface area contributed by atoms with Crippen LogP contribution in [0.5, 0.6) is 5.75 Å². The summed E-state index contributed by atoms with van der Waals surface area (Å²) < 4.78 is 7.27. The molecular formula is C23H18Br2ClN3O3. The van der Waals surface area contributed by atoms with Gasteiger partial charge in [0.1, 0.15) is 18.8 Å². The van der Waals surface area contributed by atoms with Crippen molar-refractivity contribution in [2.24, 2.45) is 5.10 Å². The highest BCUT2D eigenvalue weighted by atomic mass is 79.9. The molecule has 6 nitrogen and oxygen atoms in total. The second kappa shape index (κ2) is 11.8. The van der Waals surface area contributed by atoms with Crippen molar-refractivity contribution in [3.63, 3.8) is 0 Å². The van der Waals surface area contributed by atoms with Crippen molar-refractivity contribution in [1.29, 1.82) is 0 Å². The van der Waals surface area contributed by atoms with Crippen LogP contribution in [0.4, 0.5) is 5.69 Å². The molecule has 0 fully saturated rings. The van der Waals surface area contributed by atoms with E-state index in [0.717, 1.165) is 20.1 Å². The number of para-hydroxylation sites is 1. The molecule has 164 valence electrons. The lowest BCUT2D eigenvalue weighted by Gasteiger charge is -2.10. The maximum absolute atomic E-state index is 12.0. The molecule has 0 aliphatic rings. The maximum atomic E-state index is 12.0. The van der Waals surface area contributed by atoms with Gasteiger partial charge in [-0.2, -0.15) is 5.10 Å². The number of benzene rings is 3. The van der Waals surface area contributed by atoms with Crippen LogP contribution in [0.25, 0.3) is 0 Å². The zero-order valence-electron chi connectivity index (χ0n) is 16.6. The van der Waals surface area contributed by atoms with Crippen molar-refractivity contribution < 1.29 is 14.3 Å². The summed E-state index contributed by atoms with van der Waals surface area (Å²) in [6.45, 7) is 0.337. The molecule has 2 amide bonds. The third-order valence-electron chi connectivity index (χ3n) is 4.17. The van der Waals surface area contributed by atoms with Crippen LogP contribution in [0.1, 0.15) is 17.5 Å². The van der Waals surface area contributed by atoms with Gasteiger partial charge in [0.15, 0.2) is 0 Å². The number of hydrogen-bond acceptors (Lipinski definition) is 4. The summed E-state index contributed by atoms with van der Waals surface area (Å²) in [5, 5.41) is 7.21. The molecule has 0 saturated heterocycles. The second-order valence-corrected chi connectivity index (χ2v) is 8.68. The smallest absolute Gasteiger partial charge is 0.249 e. The van der Waals surface area contributed by atoms with Gasteiger partial charge in [0, 0.05) is 15.1 Å². The molecule has 3 rings (SSSR count). The van der Waals surface area contributed by atoms with E-state index < -0.39 is 11.8 Å². The van der Waals surface area contributed by atoms with Gasteiger partial charge in [0.2, 0.25) is 11.8 Å². The third kappa shape index (κ3) is 7.19. The number of hydrazone groups is 1. The predicted octanol–water partition coefficient (Wildman–Crippen LogP) is 5.92. The monoisotopic (exact) mass is 577 g/mol. The number of nitrogens with one attached hydrogen (secondary N) is 2. The molecule has 0 saturated carbocycles. The fraction of sp³-hybridized carbons (Fsp3) is 0.0870. The predicted molar refractivity (Wildman–Crippen MR) is 133 cm³/mol. The van der Waals surface area contributed by atoms with E-state index in [2.05, 4.69) is 47.7 Å². The van der Waals surface area contributed by atoms with E-state index in [1.165, 1.54) is 6.21 Å². The molecule has 0 aliphatic carbocycles. The minimum Gasteiger partial charge on any atom is -0.488 e. The summed E-state index contributed by atoms with van der Waals surface area (Å²) in [4.78, 5) is 24.0. The van der Waals surface area contributed by atoms with Gasteiger partial charge in [0.25, 0.3) is 0 Å². The van der Waals surface area contributed by atoms with Crippen molar-refractivity contribution in [2.45, 2.75) is 13.0 Å². The van der Waals surface area contributed by atoms with E-state index >= 15 is 0 Å². The summed E-state index contributed by atoms with van der Waals surface area (Å²) in [7, 11) is 0. The first-order chi connectivity index (χ1) is 15.4. The average Bonchev–Trinajstić information content (AvgIpc) is 2.76. The molecule has 3 aromatic rings. The van der Waals surface area contributed by atoms with E-state index in [1.54, 1.807) is 36.4 Å². The van der Waals surface area contributed by atoms with Gasteiger partial charge in [-0.15, -0.1) is 0 Å². The fourth-order valence-electron chi connectivity index (χ4n) is 2.61. The third-order valence-corrected chi connectivity index (χ3v) is 5.85. The Morgan fingerprint density at radius 2 is 1.72 bits per heavy atom. The minimum atomic E-state index is -0.524. The molecule has 0 unspecified atom stereocenters. The number of nitrogens with zero attached hydrogens (tertiary/aromatic N) is 1. The highest BCUT2D eigenvalue weighted by molar-refractivity contribution is 9.11. The van der Waals surface area contributed by atoms with Crippen molar-refractivity contribution in [3.8, 4) is 5.75 Å². The van der Waals surface area contributed by atoms with Crippen LogP contribution in [0.3, 0.4) is 0 Å². The molecule has 0 spiro atoms. The lowest BCUT2D eigenvalue weighted by molar-refractivity contribution is -0.126. The topological polar surface area (TPSA) is 79.8 Å². The van der Waals surface area contributed by atoms with Crippen LogP contribution in [0, 0.1) is 0 Å². The summed E-state index contributed by atoms with van der Waals surface area (Å²) in [6.07, 6.45) is 1.13. The molecule has 2 N–H and O–H groups in total. The van der Waals surface area contributed by atoms with Gasteiger partial charge in [-0.3, -0.25) is 9.59 Å². The van der Waals surface area contributed by atoms with Gasteiger partial charge in [-0.1, -0.05) is 41.9 Å². The zero-order chi connectivity index (χ0) is 22.9. The van der Waals surface area contributed by atoms with E-state index in [-0.39, 0.29) is 6.42 Å². The first kappa shape index (κ1) is 24.0. The maximum Gasteiger partial charge on any atom is 0.249 e. The summed E-state index contributed by atoms with van der Waals surface area (Å²) in [5.41, 5.74) is 4.56. The molecule has 0 aromatic heterocycles. The lowest BCUT2D eigenvalue weighted by Crippen LogP contribution is -2.24. The first-order valence-corrected chi connectivity index (χ1v) is 11.4. The Bertz CT molecular complexity index is 1150. The van der Waals surface area contributed by atoms with Crippen LogP contribution < -0.4 is 15.5 Å². The molecule has 3 aromatic carbocycles. The van der Waals surface area contributed by atoms with Crippen LogP contribution in [-0.4, -0.2) is 18.0 Å². The normalized spacial score (nSPS) is 10.7. The van der Waals surface area contributed by atoms with Gasteiger partial charge in [-0.25, -0.2) is 5.43 Å². The number of amides is 2. The Kier molecular flexibility index (Phi) is 8.84. The molecule has 0 bridgehead atoms. The molecule has 0 atom stereocenters. The Hall–Kier alpha value is -2.68. The highest BCUT2D eigenvalue weighted by Gasteiger charge is 2.10. The molecule has 9 heteroatoms. The van der Waals surface area contributed by atoms with Crippen molar-refractivity contribution in [1.82, 2.24) is 5.43 Å². The Morgan fingerprint density at radius 1 is 0.969 bits per heavy atom. The Balaban J connectivity index is 1.49. The first-order valence-electron chi connectivity index (χ1n) is 9.44. The van der Waals surface area contributed by atoms with Crippen molar-refractivity contribution >= 4 is 67.2 Å². The van der Waals surface area contributed by atoms with Gasteiger partial charge in [-0.05, 0) is 73.8 Å². The molecule has 0 heterocycles. The Labute approximate surface area is 207 Å². The number of ether oxygens (including phenoxy) is 1. The second-order valence-electron chi connectivity index (χ2n) is 6.57. The van der Waals surface area contributed by atoms with E-state index in [9.17, 15) is 9.59 Å². The van der Waals surface area contributed by atoms with Crippen LogP contribution in [0.2, 0.25) is 5.02 Å². The van der Waals surface area contributed by atoms with Gasteiger partial charge >= 0.3 is 0 Å².